The van der Waals surface area contributed by atoms with Crippen LogP contribution < -0.4 is 10.6 Å². The third kappa shape index (κ3) is 6.96. The predicted molar refractivity (Wildman–Crippen MR) is 54.7 cm³/mol. The zero-order valence-electron chi connectivity index (χ0n) is 8.50. The van der Waals surface area contributed by atoms with Gasteiger partial charge in [0.05, 0.1) is 0 Å². The van der Waals surface area contributed by atoms with Crippen LogP contribution >= 0.6 is 9.24 Å². The van der Waals surface area contributed by atoms with Crippen LogP contribution in [-0.2, 0) is 37.5 Å². The van der Waals surface area contributed by atoms with E-state index in [2.05, 4.69) is 19.9 Å². The molecule has 0 aromatic carbocycles. The Labute approximate surface area is 108 Å². The fraction of sp³-hybridized carbons (Fsp3) is 0.750. The molecule has 0 rings (SSSR count). The number of nitrogens with one attached hydrogen (secondary N) is 2. The quantitative estimate of drug-likeness (QED) is 0.564. The Bertz CT molecular complexity index is 146. The Balaban J connectivity index is 0. The van der Waals surface area contributed by atoms with Gasteiger partial charge in [-0.3, -0.25) is 4.79 Å². The Morgan fingerprint density at radius 3 is 2.54 bits per heavy atom. The van der Waals surface area contributed by atoms with Gasteiger partial charge in [-0.1, -0.05) is 6.92 Å². The first-order valence-corrected chi connectivity index (χ1v) is 4.78. The van der Waals surface area contributed by atoms with Gasteiger partial charge in [0.1, 0.15) is 0 Å². The number of amides is 1. The second kappa shape index (κ2) is 9.52. The van der Waals surface area contributed by atoms with Crippen LogP contribution in [0.4, 0.5) is 0 Å². The molecule has 0 saturated carbocycles. The van der Waals surface area contributed by atoms with E-state index in [1.807, 2.05) is 14.0 Å². The normalized spacial score (nSPS) is 14.2. The summed E-state index contributed by atoms with van der Waals surface area (Å²) in [4.78, 5) is 11.3. The van der Waals surface area contributed by atoms with Gasteiger partial charge in [0, 0.05) is 45.2 Å². The van der Waals surface area contributed by atoms with Crippen LogP contribution in [0.2, 0.25) is 0 Å². The van der Waals surface area contributed by atoms with Gasteiger partial charge >= 0.3 is 0 Å². The van der Waals surface area contributed by atoms with Crippen LogP contribution in [0, 0.1) is 12.5 Å². The van der Waals surface area contributed by atoms with Gasteiger partial charge in [0.2, 0.25) is 0 Å². The van der Waals surface area contributed by atoms with Crippen molar-refractivity contribution >= 4 is 15.1 Å². The summed E-state index contributed by atoms with van der Waals surface area (Å²) in [5.41, 5.74) is 0.287. The van der Waals surface area contributed by atoms with Crippen molar-refractivity contribution in [2.75, 3.05) is 13.6 Å². The minimum atomic E-state index is 0. The van der Waals surface area contributed by atoms with Crippen molar-refractivity contribution in [3.05, 3.63) is 6.54 Å². The van der Waals surface area contributed by atoms with Crippen molar-refractivity contribution in [1.82, 2.24) is 10.6 Å². The fourth-order valence-electron chi connectivity index (χ4n) is 0.881. The Hall–Kier alpha value is 0.964. The molecule has 0 aliphatic rings. The van der Waals surface area contributed by atoms with Crippen LogP contribution in [0.1, 0.15) is 13.8 Å². The van der Waals surface area contributed by atoms with E-state index in [9.17, 15) is 4.79 Å². The first-order chi connectivity index (χ1) is 5.63. The fourth-order valence-corrected chi connectivity index (χ4v) is 1.29. The van der Waals surface area contributed by atoms with Crippen molar-refractivity contribution in [2.45, 2.75) is 19.5 Å². The summed E-state index contributed by atoms with van der Waals surface area (Å²) in [6.07, 6.45) is 0. The third-order valence-corrected chi connectivity index (χ3v) is 2.60. The molecule has 75 valence electrons. The van der Waals surface area contributed by atoms with E-state index in [-0.39, 0.29) is 50.2 Å². The first kappa shape index (κ1) is 16.4. The summed E-state index contributed by atoms with van der Waals surface area (Å²) in [6.45, 7) is 6.23. The number of carbonyl (C=O) groups is 1. The molecule has 0 aromatic rings. The van der Waals surface area contributed by atoms with Crippen molar-refractivity contribution in [2.24, 2.45) is 5.92 Å². The van der Waals surface area contributed by atoms with E-state index in [0.717, 1.165) is 6.54 Å². The minimum Gasteiger partial charge on any atom is -0.506 e. The molecule has 3 unspecified atom stereocenters. The Morgan fingerprint density at radius 1 is 1.62 bits per heavy atom. The maximum absolute atomic E-state index is 11.3. The minimum absolute atomic E-state index is 0. The molecule has 3 atom stereocenters. The molecular formula is C8H18N2OPY-. The molecule has 1 amide bonds. The maximum Gasteiger partial charge on any atom is 0.194 e. The molecule has 5 heteroatoms. The second-order valence-electron chi connectivity index (χ2n) is 2.81. The van der Waals surface area contributed by atoms with Crippen molar-refractivity contribution in [1.29, 1.82) is 0 Å². The number of hydrogen-bond donors (Lipinski definition) is 2. The molecule has 0 heterocycles. The van der Waals surface area contributed by atoms with Gasteiger partial charge in [-0.25, -0.2) is 6.54 Å². The summed E-state index contributed by atoms with van der Waals surface area (Å²) in [7, 11) is 4.56. The van der Waals surface area contributed by atoms with Gasteiger partial charge in [-0.2, -0.15) is 6.92 Å². The largest absolute Gasteiger partial charge is 0.506 e. The van der Waals surface area contributed by atoms with Gasteiger partial charge < -0.3 is 10.6 Å². The number of rotatable bonds is 5. The van der Waals surface area contributed by atoms with E-state index < -0.39 is 0 Å². The van der Waals surface area contributed by atoms with Crippen molar-refractivity contribution in [3.8, 4) is 0 Å². The van der Waals surface area contributed by atoms with Crippen LogP contribution in [0.15, 0.2) is 0 Å². The summed E-state index contributed by atoms with van der Waals surface area (Å²) < 4.78 is 0. The Morgan fingerprint density at radius 2 is 2.15 bits per heavy atom. The molecule has 0 saturated heterocycles. The van der Waals surface area contributed by atoms with E-state index in [1.165, 1.54) is 0 Å². The smallest absolute Gasteiger partial charge is 0.194 e. The number of carbonyl (C=O) groups excluding carboxylic acids is 1. The summed E-state index contributed by atoms with van der Waals surface area (Å²) >= 11 is 0. The van der Waals surface area contributed by atoms with E-state index in [1.54, 1.807) is 13.5 Å². The zero-order valence-corrected chi connectivity index (χ0v) is 12.5. The average molecular weight is 278 g/mol. The average Bonchev–Trinajstić information content (AvgIpc) is 2.04. The molecule has 0 aliphatic carbocycles. The van der Waals surface area contributed by atoms with Crippen molar-refractivity contribution in [3.63, 3.8) is 0 Å². The topological polar surface area (TPSA) is 41.1 Å². The summed E-state index contributed by atoms with van der Waals surface area (Å²) in [5.74, 6) is 0.103. The SMILES string of the molecule is C[CH-]NC(=O)C(C)C(P)CNC.[Y]. The van der Waals surface area contributed by atoms with Crippen LogP contribution in [0.25, 0.3) is 0 Å². The molecule has 2 N–H and O–H groups in total. The molecule has 0 aromatic heterocycles. The zero-order chi connectivity index (χ0) is 9.56. The molecule has 0 aliphatic heterocycles. The van der Waals surface area contributed by atoms with Crippen LogP contribution in [0.5, 0.6) is 0 Å². The first-order valence-electron chi connectivity index (χ1n) is 4.11. The van der Waals surface area contributed by atoms with Crippen LogP contribution in [-0.4, -0.2) is 25.2 Å². The van der Waals surface area contributed by atoms with Crippen LogP contribution in [0.3, 0.4) is 0 Å². The summed E-state index contributed by atoms with van der Waals surface area (Å²) in [6, 6.07) is 0. The molecule has 0 spiro atoms. The molecule has 13 heavy (non-hydrogen) atoms. The summed E-state index contributed by atoms with van der Waals surface area (Å²) in [5, 5.41) is 5.71. The van der Waals surface area contributed by atoms with E-state index in [0.29, 0.717) is 0 Å². The monoisotopic (exact) mass is 278 g/mol. The standard InChI is InChI=1S/C8H18N2OP.Y/c1-4-10-8(11)6(2)7(12)5-9-3;/h4,6-7,9H,5,12H2,1-3H3,(H,10,11);/q-1;. The molecule has 0 fully saturated rings. The predicted octanol–water partition coefficient (Wildman–Crippen LogP) is 0.381. The van der Waals surface area contributed by atoms with Gasteiger partial charge in [-0.15, -0.1) is 9.24 Å². The maximum atomic E-state index is 11.3. The number of hydrogen-bond acceptors (Lipinski definition) is 2. The Kier molecular flexibility index (Phi) is 12.0. The van der Waals surface area contributed by atoms with Gasteiger partial charge in [0.25, 0.3) is 0 Å². The van der Waals surface area contributed by atoms with E-state index >= 15 is 0 Å². The molecule has 0 bridgehead atoms. The van der Waals surface area contributed by atoms with Gasteiger partial charge in [0.15, 0.2) is 5.91 Å². The second-order valence-corrected chi connectivity index (χ2v) is 3.66. The molecular weight excluding hydrogens is 260 g/mol. The van der Waals surface area contributed by atoms with Crippen molar-refractivity contribution < 1.29 is 37.5 Å². The molecule has 3 nitrogen and oxygen atoms in total. The van der Waals surface area contributed by atoms with E-state index in [4.69, 9.17) is 0 Å². The van der Waals surface area contributed by atoms with Gasteiger partial charge in [-0.05, 0) is 12.7 Å². The molecule has 1 radical (unpaired) electrons. The third-order valence-electron chi connectivity index (χ3n) is 1.78.